The molecular weight excluding hydrogens is 925 g/mol. The van der Waals surface area contributed by atoms with Gasteiger partial charge in [0.25, 0.3) is 0 Å². The number of aliphatic hydroxyl groups is 2. The third-order valence-electron chi connectivity index (χ3n) is 19.9. The summed E-state index contributed by atoms with van der Waals surface area (Å²) in [6.45, 7) is 12.3. The quantitative estimate of drug-likeness (QED) is 0.267. The lowest BCUT2D eigenvalue weighted by Gasteiger charge is -2.52. The first kappa shape index (κ1) is 49.9. The molecular formula is C57H82O15. The summed E-state index contributed by atoms with van der Waals surface area (Å²) in [5.41, 5.74) is -0.512. The Balaban J connectivity index is 0.684. The minimum Gasteiger partial charge on any atom is -0.390 e. The SMILES string of the molecule is C[C@@H]1C[C@@H]2O[C@@H]3[C@@H](C)[C@H](O)[C@@H]4O[C@]5(CCCO5)[C@@H](C)[C@H](C)[C@H]4O[C@H]3C[C@H]2O[C@H]2C[C@H]3O[C@H]4C/C=C\C[C@H]5O[C@H]6C=C[C@H]7O[C@H]8[C@H](O)[C@H]9OCC=CC[C@@H]9O[C@@H]8C[C@@H]7O[C@@H]6C/C=C\[C@@H]5O[C@@H]4CC[C@]3(C)O[C@@H]2C1. The van der Waals surface area contributed by atoms with E-state index in [9.17, 15) is 10.2 Å². The van der Waals surface area contributed by atoms with E-state index >= 15 is 0 Å². The first-order valence-corrected chi connectivity index (χ1v) is 28.4. The molecule has 13 aliphatic heterocycles. The second-order valence-electron chi connectivity index (χ2n) is 24.5. The fraction of sp³-hybridized carbons (Fsp3) is 0.860. The summed E-state index contributed by atoms with van der Waals surface area (Å²) in [6, 6.07) is 0. The number of hydrogen-bond donors (Lipinski definition) is 2. The largest absolute Gasteiger partial charge is 0.390 e. The van der Waals surface area contributed by atoms with Crippen LogP contribution in [0.25, 0.3) is 0 Å². The molecule has 15 heteroatoms. The summed E-state index contributed by atoms with van der Waals surface area (Å²) in [5, 5.41) is 23.5. The van der Waals surface area contributed by atoms with Gasteiger partial charge in [-0.3, -0.25) is 0 Å². The van der Waals surface area contributed by atoms with Crippen molar-refractivity contribution in [2.24, 2.45) is 23.7 Å². The van der Waals surface area contributed by atoms with Gasteiger partial charge in [-0.05, 0) is 76.5 Å². The molecule has 400 valence electrons. The average molecular weight is 1010 g/mol. The van der Waals surface area contributed by atoms with Crippen LogP contribution in [-0.4, -0.2) is 175 Å². The third kappa shape index (κ3) is 9.03. The summed E-state index contributed by atoms with van der Waals surface area (Å²) in [5.74, 6) is -0.266. The predicted octanol–water partition coefficient (Wildman–Crippen LogP) is 6.14. The number of ether oxygens (including phenoxy) is 13. The molecule has 0 aliphatic carbocycles. The Morgan fingerprint density at radius 2 is 1.11 bits per heavy atom. The van der Waals surface area contributed by atoms with Crippen LogP contribution >= 0.6 is 0 Å². The smallest absolute Gasteiger partial charge is 0.171 e. The van der Waals surface area contributed by atoms with Gasteiger partial charge in [0.15, 0.2) is 5.79 Å². The molecule has 0 aromatic heterocycles. The van der Waals surface area contributed by atoms with Crippen molar-refractivity contribution < 1.29 is 71.8 Å². The first-order valence-electron chi connectivity index (χ1n) is 28.4. The summed E-state index contributed by atoms with van der Waals surface area (Å²) >= 11 is 0. The van der Waals surface area contributed by atoms with Gasteiger partial charge in [-0.2, -0.15) is 0 Å². The predicted molar refractivity (Wildman–Crippen MR) is 260 cm³/mol. The molecule has 15 nitrogen and oxygen atoms in total. The monoisotopic (exact) mass is 1010 g/mol. The van der Waals surface area contributed by atoms with Gasteiger partial charge in [-0.1, -0.05) is 76.3 Å². The molecule has 9 fully saturated rings. The molecule has 13 rings (SSSR count). The van der Waals surface area contributed by atoms with Gasteiger partial charge >= 0.3 is 0 Å². The van der Waals surface area contributed by atoms with E-state index in [1.54, 1.807) is 0 Å². The van der Waals surface area contributed by atoms with E-state index in [2.05, 4.69) is 77.2 Å². The zero-order valence-corrected chi connectivity index (χ0v) is 43.0. The molecule has 0 amide bonds. The van der Waals surface area contributed by atoms with Crippen molar-refractivity contribution in [3.63, 3.8) is 0 Å². The highest BCUT2D eigenvalue weighted by Gasteiger charge is 2.61. The third-order valence-corrected chi connectivity index (χ3v) is 19.9. The number of aliphatic hydroxyl groups excluding tert-OH is 2. The highest BCUT2D eigenvalue weighted by Crippen LogP contribution is 2.52. The van der Waals surface area contributed by atoms with Crippen molar-refractivity contribution in [3.8, 4) is 0 Å². The van der Waals surface area contributed by atoms with Gasteiger partial charge in [0, 0.05) is 37.5 Å². The molecule has 0 unspecified atom stereocenters. The minimum absolute atomic E-state index is 0.0844. The van der Waals surface area contributed by atoms with Crippen LogP contribution in [0.1, 0.15) is 118 Å². The van der Waals surface area contributed by atoms with Crippen molar-refractivity contribution in [3.05, 3.63) is 48.6 Å². The summed E-state index contributed by atoms with van der Waals surface area (Å²) in [7, 11) is 0. The van der Waals surface area contributed by atoms with E-state index in [1.165, 1.54) is 0 Å². The molecule has 0 saturated carbocycles. The highest BCUT2D eigenvalue weighted by molar-refractivity contribution is 5.14. The molecule has 0 aromatic carbocycles. The van der Waals surface area contributed by atoms with Gasteiger partial charge in [-0.15, -0.1) is 0 Å². The highest BCUT2D eigenvalue weighted by atomic mass is 16.7. The Labute approximate surface area is 425 Å². The lowest BCUT2D eigenvalue weighted by Crippen LogP contribution is -2.63. The summed E-state index contributed by atoms with van der Waals surface area (Å²) in [6.07, 6.45) is 20.0. The maximum absolute atomic E-state index is 12.0. The summed E-state index contributed by atoms with van der Waals surface area (Å²) < 4.78 is 89.5. The van der Waals surface area contributed by atoms with E-state index < -0.39 is 41.9 Å². The molecule has 2 N–H and O–H groups in total. The maximum Gasteiger partial charge on any atom is 0.171 e. The molecule has 1 spiro atoms. The molecule has 13 aliphatic rings. The van der Waals surface area contributed by atoms with Crippen molar-refractivity contribution >= 4 is 0 Å². The molecule has 0 bridgehead atoms. The maximum atomic E-state index is 12.0. The Morgan fingerprint density at radius 1 is 0.458 bits per heavy atom. The Morgan fingerprint density at radius 3 is 1.96 bits per heavy atom. The van der Waals surface area contributed by atoms with Gasteiger partial charge in [0.1, 0.15) is 42.7 Å². The van der Waals surface area contributed by atoms with Crippen LogP contribution in [0.5, 0.6) is 0 Å². The molecule has 72 heavy (non-hydrogen) atoms. The molecule has 13 heterocycles. The molecule has 29 atom stereocenters. The van der Waals surface area contributed by atoms with Crippen molar-refractivity contribution in [1.82, 2.24) is 0 Å². The number of rotatable bonds is 0. The van der Waals surface area contributed by atoms with E-state index in [4.69, 9.17) is 61.6 Å². The Hall–Kier alpha value is -1.64. The molecule has 9 saturated heterocycles. The average Bonchev–Trinajstić information content (AvgIpc) is 3.51. The van der Waals surface area contributed by atoms with Crippen LogP contribution in [0.4, 0.5) is 0 Å². The Bertz CT molecular complexity index is 2040. The standard InChI is InChI=1S/C57H82O15/c1-29-24-41-43(27-46-51(69-41)31(3)49(58)55-52(70-46)30(2)32(4)57(72-55)20-11-23-61-57)66-44-28-48-56(5,71-45(44)25-29)21-19-39-36(67-48)13-7-6-12-33-34(63-39)15-10-16-35-37(62-33)17-18-38-42(64-35)26-47-54(68-38)50(59)53-40(65-47)14-8-9-22-60-53/h6-10,15,17-18,29-55,58-59H,11-14,16,19-28H2,1-5H3/b7-6-,15-10-/t29-,30+,31+,32+,33-,34+,35-,36+,37+,38-,39-,40+,41+,42+,43-,44+,45-,46+,47-,48-,49+,50-,51-,52-,53+,54-,55+,56+,57-/m1/s1. The fourth-order valence-corrected chi connectivity index (χ4v) is 15.6. The van der Waals surface area contributed by atoms with Crippen LogP contribution in [0.2, 0.25) is 0 Å². The van der Waals surface area contributed by atoms with Crippen LogP contribution < -0.4 is 0 Å². The van der Waals surface area contributed by atoms with Crippen molar-refractivity contribution in [2.75, 3.05) is 13.2 Å². The van der Waals surface area contributed by atoms with Crippen molar-refractivity contribution in [2.45, 2.75) is 270 Å². The van der Waals surface area contributed by atoms with E-state index in [1.807, 2.05) is 6.08 Å². The second kappa shape index (κ2) is 20.0. The lowest BCUT2D eigenvalue weighted by atomic mass is 9.76. The van der Waals surface area contributed by atoms with Crippen LogP contribution in [0, 0.1) is 23.7 Å². The van der Waals surface area contributed by atoms with Gasteiger partial charge in [-0.25, -0.2) is 0 Å². The van der Waals surface area contributed by atoms with E-state index in [0.29, 0.717) is 51.2 Å². The molecule has 0 radical (unpaired) electrons. The topological polar surface area (TPSA) is 160 Å². The minimum atomic E-state index is -0.783. The van der Waals surface area contributed by atoms with E-state index in [-0.39, 0.29) is 128 Å². The number of fused-ring (bicyclic) bond motifs is 11. The van der Waals surface area contributed by atoms with Crippen LogP contribution in [0.3, 0.4) is 0 Å². The zero-order valence-electron chi connectivity index (χ0n) is 43.0. The first-order chi connectivity index (χ1) is 34.9. The zero-order chi connectivity index (χ0) is 49.0. The van der Waals surface area contributed by atoms with Crippen LogP contribution in [-0.2, 0) is 61.6 Å². The van der Waals surface area contributed by atoms with Crippen LogP contribution in [0.15, 0.2) is 48.6 Å². The van der Waals surface area contributed by atoms with Gasteiger partial charge < -0.3 is 71.8 Å². The second-order valence-corrected chi connectivity index (χ2v) is 24.5. The van der Waals surface area contributed by atoms with Crippen molar-refractivity contribution in [1.29, 1.82) is 0 Å². The van der Waals surface area contributed by atoms with E-state index in [0.717, 1.165) is 51.4 Å². The fourth-order valence-electron chi connectivity index (χ4n) is 15.6. The number of hydrogen-bond acceptors (Lipinski definition) is 15. The summed E-state index contributed by atoms with van der Waals surface area (Å²) in [4.78, 5) is 0. The normalized spacial score (nSPS) is 58.1. The Kier molecular flexibility index (Phi) is 13.8. The van der Waals surface area contributed by atoms with Gasteiger partial charge in [0.2, 0.25) is 0 Å². The molecule has 0 aromatic rings. The van der Waals surface area contributed by atoms with Gasteiger partial charge in [0.05, 0.1) is 116 Å². The lowest BCUT2D eigenvalue weighted by molar-refractivity contribution is -0.339.